The van der Waals surface area contributed by atoms with Gasteiger partial charge in [0.05, 0.1) is 13.2 Å². The fourth-order valence-corrected chi connectivity index (χ4v) is 1.66. The van der Waals surface area contributed by atoms with Gasteiger partial charge in [0.15, 0.2) is 0 Å². The molecule has 1 aromatic rings. The topological polar surface area (TPSA) is 59.3 Å². The van der Waals surface area contributed by atoms with Crippen LogP contribution in [0.4, 0.5) is 0 Å². The average Bonchev–Trinajstić information content (AvgIpc) is 2.65. The normalized spacial score (nSPS) is 14.4. The van der Waals surface area contributed by atoms with E-state index in [1.807, 2.05) is 0 Å². The van der Waals surface area contributed by atoms with E-state index >= 15 is 0 Å². The summed E-state index contributed by atoms with van der Waals surface area (Å²) in [5.41, 5.74) is 9.23. The fraction of sp³-hybridized carbons (Fsp3) is 0.400. The maximum absolute atomic E-state index is 5.35. The third-order valence-corrected chi connectivity index (χ3v) is 2.43. The predicted octanol–water partition coefficient (Wildman–Crippen LogP) is 0.227. The summed E-state index contributed by atoms with van der Waals surface area (Å²) in [7, 11) is 0. The van der Waals surface area contributed by atoms with Gasteiger partial charge in [0, 0.05) is 6.54 Å². The summed E-state index contributed by atoms with van der Waals surface area (Å²) in [6, 6.07) is 6.50. The van der Waals surface area contributed by atoms with Crippen molar-refractivity contribution in [3.63, 3.8) is 0 Å². The second-order valence-corrected chi connectivity index (χ2v) is 3.42. The minimum atomic E-state index is 0.756. The summed E-state index contributed by atoms with van der Waals surface area (Å²) < 4.78 is 5.35. The molecule has 0 fully saturated rings. The Bertz CT molecular complexity index is 314. The first kappa shape index (κ1) is 9.61. The van der Waals surface area contributed by atoms with Gasteiger partial charge in [0.1, 0.15) is 0 Å². The molecule has 0 bridgehead atoms. The number of ether oxygens (including phenoxy) is 1. The Morgan fingerprint density at radius 2 is 2.14 bits per heavy atom. The maximum atomic E-state index is 5.35. The van der Waals surface area contributed by atoms with E-state index in [1.165, 1.54) is 16.7 Å². The van der Waals surface area contributed by atoms with Crippen LogP contribution >= 0.6 is 0 Å². The second kappa shape index (κ2) is 4.52. The fourth-order valence-electron chi connectivity index (χ4n) is 1.66. The van der Waals surface area contributed by atoms with Crippen molar-refractivity contribution in [2.75, 3.05) is 6.54 Å². The van der Waals surface area contributed by atoms with Crippen LogP contribution in [0, 0.1) is 0 Å². The van der Waals surface area contributed by atoms with E-state index in [9.17, 15) is 0 Å². The number of nitrogens with two attached hydrogens (primary N) is 1. The molecule has 1 aliphatic heterocycles. The van der Waals surface area contributed by atoms with Crippen molar-refractivity contribution in [2.45, 2.75) is 19.6 Å². The highest BCUT2D eigenvalue weighted by Crippen LogP contribution is 2.20. The molecule has 0 atom stereocenters. The van der Waals surface area contributed by atoms with E-state index in [-0.39, 0.29) is 0 Å². The number of rotatable bonds is 4. The zero-order valence-electron chi connectivity index (χ0n) is 8.05. The molecule has 4 nitrogen and oxygen atoms in total. The van der Waals surface area contributed by atoms with E-state index in [0.717, 1.165) is 26.2 Å². The SMILES string of the molecule is NNNCCc1ccc2c(c1)COC2. The van der Waals surface area contributed by atoms with Gasteiger partial charge in [0.25, 0.3) is 0 Å². The van der Waals surface area contributed by atoms with Crippen LogP contribution in [-0.2, 0) is 24.4 Å². The van der Waals surface area contributed by atoms with E-state index < -0.39 is 0 Å². The van der Waals surface area contributed by atoms with Gasteiger partial charge in [-0.2, -0.15) is 5.53 Å². The Labute approximate surface area is 83.4 Å². The summed E-state index contributed by atoms with van der Waals surface area (Å²) in [5.74, 6) is 5.10. The van der Waals surface area contributed by atoms with E-state index in [2.05, 4.69) is 29.2 Å². The van der Waals surface area contributed by atoms with Gasteiger partial charge in [0.2, 0.25) is 0 Å². The minimum Gasteiger partial charge on any atom is -0.372 e. The van der Waals surface area contributed by atoms with Gasteiger partial charge >= 0.3 is 0 Å². The van der Waals surface area contributed by atoms with Crippen molar-refractivity contribution in [3.05, 3.63) is 34.9 Å². The van der Waals surface area contributed by atoms with Gasteiger partial charge in [-0.15, -0.1) is 0 Å². The molecule has 4 heteroatoms. The first-order valence-corrected chi connectivity index (χ1v) is 4.77. The van der Waals surface area contributed by atoms with Crippen molar-refractivity contribution in [1.82, 2.24) is 11.0 Å². The van der Waals surface area contributed by atoms with Gasteiger partial charge in [-0.05, 0) is 23.1 Å². The Morgan fingerprint density at radius 3 is 3.00 bits per heavy atom. The molecule has 0 saturated carbocycles. The number of fused-ring (bicyclic) bond motifs is 1. The highest BCUT2D eigenvalue weighted by Gasteiger charge is 2.10. The Kier molecular flexibility index (Phi) is 3.10. The molecule has 1 aliphatic rings. The van der Waals surface area contributed by atoms with Gasteiger partial charge in [-0.25, -0.2) is 5.43 Å². The van der Waals surface area contributed by atoms with Crippen molar-refractivity contribution in [3.8, 4) is 0 Å². The number of hydrogen-bond donors (Lipinski definition) is 3. The molecule has 0 radical (unpaired) electrons. The maximum Gasteiger partial charge on any atom is 0.0725 e. The van der Waals surface area contributed by atoms with Gasteiger partial charge < -0.3 is 4.74 Å². The first-order valence-electron chi connectivity index (χ1n) is 4.77. The zero-order valence-corrected chi connectivity index (χ0v) is 8.05. The summed E-state index contributed by atoms with van der Waals surface area (Å²) in [6.07, 6.45) is 0.970. The second-order valence-electron chi connectivity index (χ2n) is 3.42. The Hall–Kier alpha value is -0.940. The highest BCUT2D eigenvalue weighted by atomic mass is 16.5. The first-order chi connectivity index (χ1) is 6.90. The number of hydrogen-bond acceptors (Lipinski definition) is 4. The lowest BCUT2D eigenvalue weighted by molar-refractivity contribution is 0.134. The van der Waals surface area contributed by atoms with Crippen LogP contribution in [-0.4, -0.2) is 6.54 Å². The van der Waals surface area contributed by atoms with Crippen LogP contribution in [0.5, 0.6) is 0 Å². The molecular formula is C10H15N3O. The van der Waals surface area contributed by atoms with Gasteiger partial charge in [-0.1, -0.05) is 18.2 Å². The van der Waals surface area contributed by atoms with Crippen molar-refractivity contribution < 1.29 is 4.74 Å². The van der Waals surface area contributed by atoms with Crippen LogP contribution in [0.25, 0.3) is 0 Å². The Balaban J connectivity index is 1.98. The van der Waals surface area contributed by atoms with Crippen molar-refractivity contribution in [2.24, 2.45) is 5.84 Å². The van der Waals surface area contributed by atoms with Crippen molar-refractivity contribution >= 4 is 0 Å². The van der Waals surface area contributed by atoms with Crippen molar-refractivity contribution in [1.29, 1.82) is 0 Å². The molecule has 1 heterocycles. The van der Waals surface area contributed by atoms with Crippen LogP contribution in [0.3, 0.4) is 0 Å². The third-order valence-electron chi connectivity index (χ3n) is 2.43. The van der Waals surface area contributed by atoms with E-state index in [1.54, 1.807) is 0 Å². The lowest BCUT2D eigenvalue weighted by Crippen LogP contribution is -2.38. The highest BCUT2D eigenvalue weighted by molar-refractivity contribution is 5.33. The third kappa shape index (κ3) is 2.10. The molecular weight excluding hydrogens is 178 g/mol. The van der Waals surface area contributed by atoms with Crippen LogP contribution in [0.1, 0.15) is 16.7 Å². The average molecular weight is 193 g/mol. The smallest absolute Gasteiger partial charge is 0.0725 e. The number of benzene rings is 1. The summed E-state index contributed by atoms with van der Waals surface area (Å²) in [5, 5.41) is 0. The molecule has 14 heavy (non-hydrogen) atoms. The molecule has 1 aromatic carbocycles. The van der Waals surface area contributed by atoms with Crippen LogP contribution in [0.2, 0.25) is 0 Å². The summed E-state index contributed by atoms with van der Waals surface area (Å²) >= 11 is 0. The van der Waals surface area contributed by atoms with E-state index in [4.69, 9.17) is 10.6 Å². The predicted molar refractivity (Wildman–Crippen MR) is 54.0 cm³/mol. The summed E-state index contributed by atoms with van der Waals surface area (Å²) in [6.45, 7) is 2.35. The minimum absolute atomic E-state index is 0.756. The number of nitrogens with one attached hydrogen (secondary N) is 2. The standard InChI is InChI=1S/C10H15N3O/c11-13-12-4-3-8-1-2-9-6-14-7-10(9)5-8/h1-2,5,12-13H,3-4,6-7,11H2. The van der Waals surface area contributed by atoms with Crippen LogP contribution in [0.15, 0.2) is 18.2 Å². The van der Waals surface area contributed by atoms with E-state index in [0.29, 0.717) is 0 Å². The summed E-state index contributed by atoms with van der Waals surface area (Å²) in [4.78, 5) is 0. The Morgan fingerprint density at radius 1 is 1.29 bits per heavy atom. The molecule has 76 valence electrons. The molecule has 0 spiro atoms. The molecule has 0 aliphatic carbocycles. The molecule has 2 rings (SSSR count). The molecule has 0 unspecified atom stereocenters. The number of hydrazine groups is 2. The largest absolute Gasteiger partial charge is 0.372 e. The zero-order chi connectivity index (χ0) is 9.80. The monoisotopic (exact) mass is 193 g/mol. The molecule has 4 N–H and O–H groups in total. The van der Waals surface area contributed by atoms with Crippen LogP contribution < -0.4 is 16.8 Å². The molecule has 0 amide bonds. The molecule has 0 aromatic heterocycles. The van der Waals surface area contributed by atoms with Gasteiger partial charge in [-0.3, -0.25) is 5.84 Å². The molecule has 0 saturated heterocycles. The lowest BCUT2D eigenvalue weighted by atomic mass is 10.0. The quantitative estimate of drug-likeness (QED) is 0.364. The lowest BCUT2D eigenvalue weighted by Gasteiger charge is -2.04.